The second kappa shape index (κ2) is 5.75. The molecule has 0 saturated heterocycles. The molecule has 0 aromatic carbocycles. The summed E-state index contributed by atoms with van der Waals surface area (Å²) in [7, 11) is 0. The van der Waals surface area contributed by atoms with Gasteiger partial charge in [-0.25, -0.2) is 9.67 Å². The Labute approximate surface area is 85.7 Å². The minimum Gasteiger partial charge on any atom is -0.310 e. The van der Waals surface area contributed by atoms with Crippen LogP contribution in [-0.2, 0) is 6.54 Å². The van der Waals surface area contributed by atoms with Gasteiger partial charge >= 0.3 is 0 Å². The van der Waals surface area contributed by atoms with E-state index in [1.54, 1.807) is 6.33 Å². The Hall–Kier alpha value is -0.900. The molecular weight excluding hydrogens is 176 g/mol. The van der Waals surface area contributed by atoms with Gasteiger partial charge in [0.25, 0.3) is 0 Å². The lowest BCUT2D eigenvalue weighted by Crippen LogP contribution is -2.19. The Morgan fingerprint density at radius 3 is 2.93 bits per heavy atom. The summed E-state index contributed by atoms with van der Waals surface area (Å²) in [5, 5.41) is 7.54. The molecule has 4 heteroatoms. The molecule has 0 aliphatic carbocycles. The first kappa shape index (κ1) is 11.2. The number of nitrogens with one attached hydrogen (secondary N) is 1. The van der Waals surface area contributed by atoms with Gasteiger partial charge in [-0.15, -0.1) is 0 Å². The van der Waals surface area contributed by atoms with Crippen molar-refractivity contribution in [2.45, 2.75) is 46.2 Å². The summed E-state index contributed by atoms with van der Waals surface area (Å²) < 4.78 is 1.96. The smallest absolute Gasteiger partial charge is 0.141 e. The van der Waals surface area contributed by atoms with Crippen molar-refractivity contribution in [2.75, 3.05) is 6.54 Å². The van der Waals surface area contributed by atoms with Crippen molar-refractivity contribution in [1.29, 1.82) is 0 Å². The zero-order chi connectivity index (χ0) is 10.4. The molecular formula is C10H20N4. The van der Waals surface area contributed by atoms with Gasteiger partial charge in [-0.05, 0) is 26.8 Å². The summed E-state index contributed by atoms with van der Waals surface area (Å²) in [5.41, 5.74) is 0. The normalized spacial score (nSPS) is 11.1. The van der Waals surface area contributed by atoms with Gasteiger partial charge < -0.3 is 5.32 Å². The summed E-state index contributed by atoms with van der Waals surface area (Å²) in [6, 6.07) is 0.389. The Bertz CT molecular complexity index is 254. The van der Waals surface area contributed by atoms with E-state index in [2.05, 4.69) is 36.2 Å². The van der Waals surface area contributed by atoms with Crippen LogP contribution in [0.4, 0.5) is 0 Å². The van der Waals surface area contributed by atoms with Crippen molar-refractivity contribution < 1.29 is 0 Å². The van der Waals surface area contributed by atoms with Crippen LogP contribution >= 0.6 is 0 Å². The van der Waals surface area contributed by atoms with Crippen LogP contribution in [0.3, 0.4) is 0 Å². The number of hydrogen-bond donors (Lipinski definition) is 1. The molecule has 1 rings (SSSR count). The van der Waals surface area contributed by atoms with E-state index in [1.807, 2.05) is 4.68 Å². The molecule has 0 saturated carbocycles. The van der Waals surface area contributed by atoms with E-state index < -0.39 is 0 Å². The minimum absolute atomic E-state index is 0.389. The lowest BCUT2D eigenvalue weighted by Gasteiger charge is -2.09. The monoisotopic (exact) mass is 196 g/mol. The van der Waals surface area contributed by atoms with Gasteiger partial charge in [0.1, 0.15) is 12.2 Å². The van der Waals surface area contributed by atoms with Crippen molar-refractivity contribution in [2.24, 2.45) is 0 Å². The molecule has 1 N–H and O–H groups in total. The fourth-order valence-corrected chi connectivity index (χ4v) is 1.33. The summed E-state index contributed by atoms with van der Waals surface area (Å²) in [5.74, 6) is 1.02. The zero-order valence-electron chi connectivity index (χ0n) is 9.32. The number of nitrogens with zero attached hydrogens (tertiary/aromatic N) is 3. The van der Waals surface area contributed by atoms with Gasteiger partial charge in [0, 0.05) is 6.04 Å². The Kier molecular flexibility index (Phi) is 4.59. The van der Waals surface area contributed by atoms with Crippen LogP contribution in [0.5, 0.6) is 0 Å². The lowest BCUT2D eigenvalue weighted by atomic mass is 10.3. The summed E-state index contributed by atoms with van der Waals surface area (Å²) in [4.78, 5) is 4.22. The molecule has 14 heavy (non-hydrogen) atoms. The highest BCUT2D eigenvalue weighted by atomic mass is 15.3. The molecule has 80 valence electrons. The average Bonchev–Trinajstić information content (AvgIpc) is 2.60. The third kappa shape index (κ3) is 3.10. The first-order valence-electron chi connectivity index (χ1n) is 5.34. The average molecular weight is 196 g/mol. The Morgan fingerprint density at radius 1 is 1.50 bits per heavy atom. The van der Waals surface area contributed by atoms with Gasteiger partial charge in [-0.1, -0.05) is 13.3 Å². The van der Waals surface area contributed by atoms with Crippen molar-refractivity contribution in [3.63, 3.8) is 0 Å². The van der Waals surface area contributed by atoms with E-state index in [0.717, 1.165) is 18.9 Å². The highest BCUT2D eigenvalue weighted by Gasteiger charge is 2.05. The fourth-order valence-electron chi connectivity index (χ4n) is 1.33. The molecule has 1 aromatic heterocycles. The zero-order valence-corrected chi connectivity index (χ0v) is 9.32. The first-order chi connectivity index (χ1) is 6.75. The van der Waals surface area contributed by atoms with Crippen molar-refractivity contribution in [3.05, 3.63) is 12.2 Å². The second-order valence-corrected chi connectivity index (χ2v) is 3.74. The second-order valence-electron chi connectivity index (χ2n) is 3.74. The van der Waals surface area contributed by atoms with Gasteiger partial charge in [0.15, 0.2) is 0 Å². The predicted octanol–water partition coefficient (Wildman–Crippen LogP) is 1.75. The van der Waals surface area contributed by atoms with E-state index in [9.17, 15) is 0 Å². The summed E-state index contributed by atoms with van der Waals surface area (Å²) >= 11 is 0. The van der Waals surface area contributed by atoms with E-state index in [-0.39, 0.29) is 0 Å². The molecule has 0 atom stereocenters. The third-order valence-electron chi connectivity index (χ3n) is 2.13. The minimum atomic E-state index is 0.389. The van der Waals surface area contributed by atoms with E-state index in [4.69, 9.17) is 0 Å². The van der Waals surface area contributed by atoms with Gasteiger partial charge in [0.05, 0.1) is 6.54 Å². The Morgan fingerprint density at radius 2 is 2.29 bits per heavy atom. The quantitative estimate of drug-likeness (QED) is 0.705. The summed E-state index contributed by atoms with van der Waals surface area (Å²) in [6.45, 7) is 8.30. The van der Waals surface area contributed by atoms with Crippen LogP contribution in [0.15, 0.2) is 6.33 Å². The van der Waals surface area contributed by atoms with Crippen molar-refractivity contribution in [1.82, 2.24) is 20.1 Å². The topological polar surface area (TPSA) is 42.7 Å². The largest absolute Gasteiger partial charge is 0.310 e. The number of rotatable bonds is 6. The van der Waals surface area contributed by atoms with E-state index in [1.165, 1.54) is 12.8 Å². The maximum absolute atomic E-state index is 4.22. The summed E-state index contributed by atoms with van der Waals surface area (Å²) in [6.07, 6.45) is 4.07. The van der Waals surface area contributed by atoms with Crippen LogP contribution in [-0.4, -0.2) is 21.3 Å². The highest BCUT2D eigenvalue weighted by molar-refractivity contribution is 4.85. The molecule has 4 nitrogen and oxygen atoms in total. The molecule has 0 fully saturated rings. The van der Waals surface area contributed by atoms with Crippen LogP contribution in [0.25, 0.3) is 0 Å². The van der Waals surface area contributed by atoms with Gasteiger partial charge in [0.2, 0.25) is 0 Å². The maximum Gasteiger partial charge on any atom is 0.141 e. The van der Waals surface area contributed by atoms with Crippen LogP contribution in [0.1, 0.15) is 45.5 Å². The maximum atomic E-state index is 4.22. The molecule has 1 aromatic rings. The molecule has 0 aliphatic rings. The fraction of sp³-hybridized carbons (Fsp3) is 0.800. The molecule has 1 heterocycles. The highest BCUT2D eigenvalue weighted by Crippen LogP contribution is 2.04. The molecule has 0 radical (unpaired) electrons. The number of unbranched alkanes of at least 4 members (excludes halogenated alkanes) is 1. The lowest BCUT2D eigenvalue weighted by molar-refractivity contribution is 0.488. The molecule has 0 bridgehead atoms. The van der Waals surface area contributed by atoms with Gasteiger partial charge in [-0.3, -0.25) is 0 Å². The standard InChI is InChI=1S/C10H20N4/c1-4-5-6-11-7-10-12-8-13-14(10)9(2)3/h8-9,11H,4-7H2,1-3H3. The number of hydrogen-bond acceptors (Lipinski definition) is 3. The van der Waals surface area contributed by atoms with Gasteiger partial charge in [-0.2, -0.15) is 5.10 Å². The van der Waals surface area contributed by atoms with Crippen molar-refractivity contribution >= 4 is 0 Å². The predicted molar refractivity (Wildman–Crippen MR) is 57.0 cm³/mol. The molecule has 0 amide bonds. The molecule has 0 spiro atoms. The Balaban J connectivity index is 2.38. The molecule has 0 aliphatic heterocycles. The van der Waals surface area contributed by atoms with Crippen LogP contribution in [0.2, 0.25) is 0 Å². The number of aromatic nitrogens is 3. The van der Waals surface area contributed by atoms with Crippen molar-refractivity contribution in [3.8, 4) is 0 Å². The van der Waals surface area contributed by atoms with Crippen LogP contribution < -0.4 is 5.32 Å². The molecule has 0 unspecified atom stereocenters. The SMILES string of the molecule is CCCCNCc1ncnn1C(C)C. The van der Waals surface area contributed by atoms with E-state index in [0.29, 0.717) is 6.04 Å². The van der Waals surface area contributed by atoms with Crippen LogP contribution in [0, 0.1) is 0 Å². The van der Waals surface area contributed by atoms with E-state index >= 15 is 0 Å². The third-order valence-corrected chi connectivity index (χ3v) is 2.13. The first-order valence-corrected chi connectivity index (χ1v) is 5.34.